The number of carbonyl (C=O) groups is 2. The van der Waals surface area contributed by atoms with Gasteiger partial charge in [0.15, 0.2) is 0 Å². The van der Waals surface area contributed by atoms with E-state index < -0.39 is 0 Å². The molecule has 0 spiro atoms. The smallest absolute Gasteiger partial charge is 0.227 e. The monoisotopic (exact) mass is 362 g/mol. The summed E-state index contributed by atoms with van der Waals surface area (Å²) < 4.78 is 5.23. The first kappa shape index (κ1) is 17.0. The molecule has 2 aromatic carbocycles. The number of hydrogen-bond acceptors (Lipinski definition) is 5. The number of nitrogens with one attached hydrogen (secondary N) is 2. The van der Waals surface area contributed by atoms with Crippen LogP contribution in [-0.2, 0) is 16.0 Å². The Morgan fingerprint density at radius 2 is 1.93 bits per heavy atom. The molecule has 1 aliphatic heterocycles. The Balaban J connectivity index is 1.37. The lowest BCUT2D eigenvalue weighted by atomic mass is 9.97. The summed E-state index contributed by atoms with van der Waals surface area (Å²) in [5, 5.41) is 9.69. The van der Waals surface area contributed by atoms with E-state index in [1.807, 2.05) is 54.6 Å². The zero-order valence-corrected chi connectivity index (χ0v) is 14.5. The van der Waals surface area contributed by atoms with Gasteiger partial charge in [-0.2, -0.15) is 4.98 Å². The molecule has 2 N–H and O–H groups in total. The Morgan fingerprint density at radius 3 is 2.78 bits per heavy atom. The van der Waals surface area contributed by atoms with E-state index in [1.165, 1.54) is 0 Å². The second kappa shape index (κ2) is 7.41. The summed E-state index contributed by atoms with van der Waals surface area (Å²) in [6.45, 7) is 0. The zero-order valence-electron chi connectivity index (χ0n) is 14.5. The lowest BCUT2D eigenvalue weighted by Gasteiger charge is -2.26. The summed E-state index contributed by atoms with van der Waals surface area (Å²) in [5.74, 6) is 0.641. The molecule has 1 atom stereocenters. The second-order valence-corrected chi connectivity index (χ2v) is 6.34. The van der Waals surface area contributed by atoms with Crippen molar-refractivity contribution < 1.29 is 14.1 Å². The number of rotatable bonds is 5. The molecule has 7 nitrogen and oxygen atoms in total. The van der Waals surface area contributed by atoms with Gasteiger partial charge in [-0.1, -0.05) is 53.7 Å². The van der Waals surface area contributed by atoms with E-state index in [2.05, 4.69) is 20.8 Å². The first-order valence-electron chi connectivity index (χ1n) is 8.75. The number of carbonyl (C=O) groups excluding carboxylic acids is 2. The van der Waals surface area contributed by atoms with Gasteiger partial charge in [0.05, 0.1) is 12.5 Å². The maximum absolute atomic E-state index is 12.3. The number of para-hydroxylation sites is 1. The lowest BCUT2D eigenvalue weighted by Crippen LogP contribution is -2.35. The summed E-state index contributed by atoms with van der Waals surface area (Å²) in [5.41, 5.74) is 2.51. The summed E-state index contributed by atoms with van der Waals surface area (Å²) in [6, 6.07) is 16.7. The van der Waals surface area contributed by atoms with Gasteiger partial charge in [-0.25, -0.2) is 0 Å². The molecule has 136 valence electrons. The third-order valence-electron chi connectivity index (χ3n) is 4.40. The van der Waals surface area contributed by atoms with Crippen molar-refractivity contribution >= 4 is 17.5 Å². The number of nitrogens with zero attached hydrogens (tertiary/aromatic N) is 2. The van der Waals surface area contributed by atoms with Crippen molar-refractivity contribution in [2.75, 3.05) is 5.32 Å². The van der Waals surface area contributed by atoms with Crippen LogP contribution < -0.4 is 10.6 Å². The fourth-order valence-electron chi connectivity index (χ4n) is 3.09. The molecule has 0 saturated carbocycles. The molecule has 1 aliphatic rings. The molecule has 2 amide bonds. The normalized spacial score (nSPS) is 15.7. The quantitative estimate of drug-likeness (QED) is 0.727. The van der Waals surface area contributed by atoms with Gasteiger partial charge >= 0.3 is 0 Å². The lowest BCUT2D eigenvalue weighted by molar-refractivity contribution is -0.122. The molecule has 0 fully saturated rings. The van der Waals surface area contributed by atoms with Crippen LogP contribution in [0.25, 0.3) is 11.4 Å². The highest BCUT2D eigenvalue weighted by Gasteiger charge is 2.26. The van der Waals surface area contributed by atoms with Crippen molar-refractivity contribution in [2.45, 2.75) is 25.3 Å². The van der Waals surface area contributed by atoms with E-state index in [0.29, 0.717) is 18.1 Å². The predicted molar refractivity (Wildman–Crippen MR) is 98.6 cm³/mol. The summed E-state index contributed by atoms with van der Waals surface area (Å²) >= 11 is 0. The fraction of sp³-hybridized carbons (Fsp3) is 0.200. The van der Waals surface area contributed by atoms with Crippen LogP contribution in [0.5, 0.6) is 0 Å². The highest BCUT2D eigenvalue weighted by atomic mass is 16.5. The Labute approximate surface area is 155 Å². The molecular formula is C20H18N4O3. The van der Waals surface area contributed by atoms with Crippen LogP contribution in [0.3, 0.4) is 0 Å². The predicted octanol–water partition coefficient (Wildman–Crippen LogP) is 2.87. The van der Waals surface area contributed by atoms with Gasteiger partial charge < -0.3 is 15.2 Å². The van der Waals surface area contributed by atoms with Crippen molar-refractivity contribution in [3.8, 4) is 11.4 Å². The SMILES string of the molecule is O=C1C[C@@H](NC(=O)CCc2nc(-c3ccccc3)no2)c2ccccc2N1. The number of amides is 2. The van der Waals surface area contributed by atoms with Crippen LogP contribution in [0.2, 0.25) is 0 Å². The molecule has 7 heteroatoms. The molecule has 0 radical (unpaired) electrons. The molecule has 1 aromatic heterocycles. The highest BCUT2D eigenvalue weighted by Crippen LogP contribution is 2.30. The van der Waals surface area contributed by atoms with Crippen LogP contribution in [0.4, 0.5) is 5.69 Å². The Bertz CT molecular complexity index is 968. The third kappa shape index (κ3) is 3.87. The number of benzene rings is 2. The van der Waals surface area contributed by atoms with Crippen molar-refractivity contribution in [3.05, 3.63) is 66.1 Å². The van der Waals surface area contributed by atoms with Gasteiger partial charge in [0, 0.05) is 24.1 Å². The average molecular weight is 362 g/mol. The van der Waals surface area contributed by atoms with E-state index in [0.717, 1.165) is 16.8 Å². The molecular weight excluding hydrogens is 344 g/mol. The van der Waals surface area contributed by atoms with Gasteiger partial charge in [-0.3, -0.25) is 9.59 Å². The first-order chi connectivity index (χ1) is 13.2. The van der Waals surface area contributed by atoms with E-state index in [9.17, 15) is 9.59 Å². The van der Waals surface area contributed by atoms with Crippen molar-refractivity contribution in [1.29, 1.82) is 0 Å². The fourth-order valence-corrected chi connectivity index (χ4v) is 3.09. The maximum atomic E-state index is 12.3. The molecule has 0 saturated heterocycles. The summed E-state index contributed by atoms with van der Waals surface area (Å²) in [4.78, 5) is 28.5. The molecule has 0 unspecified atom stereocenters. The minimum Gasteiger partial charge on any atom is -0.349 e. The molecule has 0 aliphatic carbocycles. The highest BCUT2D eigenvalue weighted by molar-refractivity contribution is 5.95. The first-order valence-corrected chi connectivity index (χ1v) is 8.75. The number of aromatic nitrogens is 2. The van der Waals surface area contributed by atoms with Crippen LogP contribution in [-0.4, -0.2) is 22.0 Å². The van der Waals surface area contributed by atoms with Gasteiger partial charge in [0.2, 0.25) is 23.5 Å². The minimum atomic E-state index is -0.329. The average Bonchev–Trinajstić information content (AvgIpc) is 3.16. The Hall–Kier alpha value is -3.48. The number of aryl methyl sites for hydroxylation is 1. The summed E-state index contributed by atoms with van der Waals surface area (Å²) in [7, 11) is 0. The van der Waals surface area contributed by atoms with Crippen LogP contribution in [0.1, 0.15) is 30.3 Å². The van der Waals surface area contributed by atoms with Crippen molar-refractivity contribution in [2.24, 2.45) is 0 Å². The standard InChI is InChI=1S/C20H18N4O3/c25-17(22-16-12-18(26)21-15-9-5-4-8-14(15)16)10-11-19-23-20(24-27-19)13-6-2-1-3-7-13/h1-9,16H,10-12H2,(H,21,26)(H,22,25)/t16-/m1/s1. The van der Waals surface area contributed by atoms with Crippen LogP contribution in [0, 0.1) is 0 Å². The van der Waals surface area contributed by atoms with Gasteiger partial charge in [-0.15, -0.1) is 0 Å². The Kier molecular flexibility index (Phi) is 4.65. The molecule has 2 heterocycles. The van der Waals surface area contributed by atoms with Gasteiger partial charge in [-0.05, 0) is 11.6 Å². The summed E-state index contributed by atoms with van der Waals surface area (Å²) in [6.07, 6.45) is 0.768. The third-order valence-corrected chi connectivity index (χ3v) is 4.40. The molecule has 27 heavy (non-hydrogen) atoms. The second-order valence-electron chi connectivity index (χ2n) is 6.34. The number of fused-ring (bicyclic) bond motifs is 1. The molecule has 0 bridgehead atoms. The number of hydrogen-bond donors (Lipinski definition) is 2. The molecule has 3 aromatic rings. The van der Waals surface area contributed by atoms with E-state index in [-0.39, 0.29) is 30.7 Å². The van der Waals surface area contributed by atoms with Crippen molar-refractivity contribution in [3.63, 3.8) is 0 Å². The topological polar surface area (TPSA) is 97.1 Å². The number of anilines is 1. The zero-order chi connectivity index (χ0) is 18.6. The molecule has 4 rings (SSSR count). The van der Waals surface area contributed by atoms with E-state index >= 15 is 0 Å². The van der Waals surface area contributed by atoms with E-state index in [1.54, 1.807) is 0 Å². The van der Waals surface area contributed by atoms with Gasteiger partial charge in [0.25, 0.3) is 0 Å². The van der Waals surface area contributed by atoms with Crippen molar-refractivity contribution in [1.82, 2.24) is 15.5 Å². The van der Waals surface area contributed by atoms with Crippen LogP contribution >= 0.6 is 0 Å². The minimum absolute atomic E-state index is 0.108. The Morgan fingerprint density at radius 1 is 1.15 bits per heavy atom. The van der Waals surface area contributed by atoms with E-state index in [4.69, 9.17) is 4.52 Å². The van der Waals surface area contributed by atoms with Crippen LogP contribution in [0.15, 0.2) is 59.1 Å². The largest absolute Gasteiger partial charge is 0.349 e. The maximum Gasteiger partial charge on any atom is 0.227 e. The van der Waals surface area contributed by atoms with Gasteiger partial charge in [0.1, 0.15) is 0 Å².